The molecule has 0 bridgehead atoms. The van der Waals surface area contributed by atoms with Crippen LogP contribution in [0.2, 0.25) is 0 Å². The Kier molecular flexibility index (Phi) is 3.68. The summed E-state index contributed by atoms with van der Waals surface area (Å²) in [6.45, 7) is 0. The van der Waals surface area contributed by atoms with Gasteiger partial charge in [0.25, 0.3) is 0 Å². The van der Waals surface area contributed by atoms with Crippen LogP contribution in [0.3, 0.4) is 0 Å². The number of hydrogen-bond donors (Lipinski definition) is 0. The van der Waals surface area contributed by atoms with Gasteiger partial charge in [-0.25, -0.2) is 4.39 Å². The number of alkyl halides is 7. The smallest absolute Gasteiger partial charge is 0.258 e. The fraction of sp³-hybridized carbons (Fsp3) is 0.333. The van der Waals surface area contributed by atoms with Crippen LogP contribution in [-0.2, 0) is 5.67 Å². The first-order valence-electron chi connectivity index (χ1n) is 4.59. The molecule has 0 N–H and O–H groups in total. The largest absolute Gasteiger partial charge is 0.435 e. The lowest BCUT2D eigenvalue weighted by Crippen LogP contribution is -2.50. The molecule has 112 valence electrons. The van der Waals surface area contributed by atoms with Gasteiger partial charge in [-0.1, -0.05) is 0 Å². The van der Waals surface area contributed by atoms with Gasteiger partial charge in [0.15, 0.2) is 0 Å². The van der Waals surface area contributed by atoms with Crippen molar-refractivity contribution in [2.75, 3.05) is 0 Å². The summed E-state index contributed by atoms with van der Waals surface area (Å²) >= 11 is 0. The van der Waals surface area contributed by atoms with E-state index in [2.05, 4.69) is 0 Å². The summed E-state index contributed by atoms with van der Waals surface area (Å²) < 4.78 is 100. The van der Waals surface area contributed by atoms with E-state index in [0.717, 1.165) is 0 Å². The maximum absolute atomic E-state index is 13.5. The van der Waals surface area contributed by atoms with Gasteiger partial charge in [0, 0.05) is 11.6 Å². The molecular weight excluding hydrogens is 306 g/mol. The van der Waals surface area contributed by atoms with Crippen molar-refractivity contribution in [2.45, 2.75) is 18.0 Å². The second kappa shape index (κ2) is 4.56. The van der Waals surface area contributed by atoms with E-state index < -0.39 is 46.1 Å². The van der Waals surface area contributed by atoms with Gasteiger partial charge in [0.05, 0.1) is 4.92 Å². The Morgan fingerprint density at radius 1 is 0.950 bits per heavy atom. The molecule has 0 heterocycles. The summed E-state index contributed by atoms with van der Waals surface area (Å²) in [5, 5.41) is 10.2. The van der Waals surface area contributed by atoms with Crippen molar-refractivity contribution in [3.05, 3.63) is 39.7 Å². The van der Waals surface area contributed by atoms with E-state index >= 15 is 0 Å². The van der Waals surface area contributed by atoms with Crippen LogP contribution < -0.4 is 0 Å². The number of benzene rings is 1. The molecule has 0 aromatic heterocycles. The van der Waals surface area contributed by atoms with Crippen molar-refractivity contribution in [1.29, 1.82) is 0 Å². The van der Waals surface area contributed by atoms with E-state index in [1.54, 1.807) is 0 Å². The number of nitrogens with zero attached hydrogens (tertiary/aromatic N) is 1. The molecule has 1 aromatic carbocycles. The third-order valence-corrected chi connectivity index (χ3v) is 2.32. The molecule has 0 radical (unpaired) electrons. The van der Waals surface area contributed by atoms with E-state index in [4.69, 9.17) is 0 Å². The van der Waals surface area contributed by atoms with Gasteiger partial charge in [-0.3, -0.25) is 10.1 Å². The Labute approximate surface area is 105 Å². The van der Waals surface area contributed by atoms with E-state index in [1.165, 1.54) is 0 Å². The number of nitro groups is 1. The molecule has 11 heteroatoms. The highest BCUT2D eigenvalue weighted by Crippen LogP contribution is 2.53. The normalized spacial score (nSPS) is 13.4. The fourth-order valence-electron chi connectivity index (χ4n) is 1.36. The van der Waals surface area contributed by atoms with Crippen LogP contribution in [0, 0.1) is 15.9 Å². The van der Waals surface area contributed by atoms with Gasteiger partial charge in [0.1, 0.15) is 0 Å². The SMILES string of the molecule is O=[N+]([O-])c1ccc(C(F)(C(F)(F)F)C(F)(F)F)cc1F. The highest BCUT2D eigenvalue weighted by atomic mass is 19.4. The Morgan fingerprint density at radius 3 is 1.70 bits per heavy atom. The predicted molar refractivity (Wildman–Crippen MR) is 48.0 cm³/mol. The summed E-state index contributed by atoms with van der Waals surface area (Å²) in [7, 11) is 0. The lowest BCUT2D eigenvalue weighted by Gasteiger charge is -2.30. The number of halogens is 8. The highest BCUT2D eigenvalue weighted by Gasteiger charge is 2.73. The zero-order chi connectivity index (χ0) is 15.9. The minimum Gasteiger partial charge on any atom is -0.258 e. The van der Waals surface area contributed by atoms with Crippen molar-refractivity contribution in [3.8, 4) is 0 Å². The van der Waals surface area contributed by atoms with Crippen molar-refractivity contribution in [3.63, 3.8) is 0 Å². The van der Waals surface area contributed by atoms with Crippen molar-refractivity contribution in [2.24, 2.45) is 0 Å². The molecule has 3 nitrogen and oxygen atoms in total. The zero-order valence-electron chi connectivity index (χ0n) is 9.02. The first kappa shape index (κ1) is 16.1. The van der Waals surface area contributed by atoms with Crippen molar-refractivity contribution in [1.82, 2.24) is 0 Å². The van der Waals surface area contributed by atoms with Gasteiger partial charge < -0.3 is 0 Å². The summed E-state index contributed by atoms with van der Waals surface area (Å²) in [5.41, 5.74) is -9.32. The zero-order valence-corrected chi connectivity index (χ0v) is 9.02. The van der Waals surface area contributed by atoms with Gasteiger partial charge in [-0.2, -0.15) is 30.7 Å². The van der Waals surface area contributed by atoms with Crippen LogP contribution in [0.15, 0.2) is 18.2 Å². The first-order chi connectivity index (χ1) is 8.82. The van der Waals surface area contributed by atoms with Crippen LogP contribution in [-0.4, -0.2) is 17.3 Å². The van der Waals surface area contributed by atoms with Crippen LogP contribution in [0.5, 0.6) is 0 Å². The van der Waals surface area contributed by atoms with Crippen molar-refractivity contribution < 1.29 is 40.0 Å². The van der Waals surface area contributed by atoms with Crippen molar-refractivity contribution >= 4 is 5.69 Å². The van der Waals surface area contributed by atoms with E-state index in [9.17, 15) is 45.2 Å². The Hall–Kier alpha value is -1.94. The summed E-state index contributed by atoms with van der Waals surface area (Å²) in [5.74, 6) is -2.01. The molecule has 0 aliphatic heterocycles. The van der Waals surface area contributed by atoms with Gasteiger partial charge >= 0.3 is 23.7 Å². The molecule has 0 aliphatic carbocycles. The number of rotatable bonds is 2. The molecule has 0 amide bonds. The summed E-state index contributed by atoms with van der Waals surface area (Å²) in [6, 6.07) is -0.613. The van der Waals surface area contributed by atoms with Gasteiger partial charge in [-0.15, -0.1) is 0 Å². The molecule has 0 fully saturated rings. The molecule has 1 aromatic rings. The van der Waals surface area contributed by atoms with Gasteiger partial charge in [-0.05, 0) is 12.1 Å². The first-order valence-corrected chi connectivity index (χ1v) is 4.59. The molecule has 0 aliphatic rings. The van der Waals surface area contributed by atoms with Crippen LogP contribution >= 0.6 is 0 Å². The second-order valence-electron chi connectivity index (χ2n) is 3.58. The minimum atomic E-state index is -6.41. The average molecular weight is 309 g/mol. The molecule has 0 unspecified atom stereocenters. The fourth-order valence-corrected chi connectivity index (χ4v) is 1.36. The third-order valence-electron chi connectivity index (χ3n) is 2.32. The molecule has 0 saturated heterocycles. The van der Waals surface area contributed by atoms with E-state index in [-0.39, 0.29) is 12.1 Å². The number of nitro benzene ring substituents is 1. The van der Waals surface area contributed by atoms with Crippen LogP contribution in [0.25, 0.3) is 0 Å². The number of hydrogen-bond acceptors (Lipinski definition) is 2. The Balaban J connectivity index is 3.54. The lowest BCUT2D eigenvalue weighted by molar-refractivity contribution is -0.387. The maximum atomic E-state index is 13.5. The van der Waals surface area contributed by atoms with Gasteiger partial charge in [0.2, 0.25) is 5.82 Å². The minimum absolute atomic E-state index is 0.0243. The quantitative estimate of drug-likeness (QED) is 0.470. The highest BCUT2D eigenvalue weighted by molar-refractivity contribution is 5.38. The monoisotopic (exact) mass is 309 g/mol. The Bertz CT molecular complexity index is 522. The third kappa shape index (κ3) is 2.39. The lowest BCUT2D eigenvalue weighted by atomic mass is 9.94. The van der Waals surface area contributed by atoms with E-state index in [1.807, 2.05) is 0 Å². The molecule has 0 atom stereocenters. The summed E-state index contributed by atoms with van der Waals surface area (Å²) in [6.07, 6.45) is -12.8. The molecule has 1 rings (SSSR count). The summed E-state index contributed by atoms with van der Waals surface area (Å²) in [4.78, 5) is 8.83. The van der Waals surface area contributed by atoms with Crippen LogP contribution in [0.4, 0.5) is 40.8 Å². The standard InChI is InChI=1S/C9H3F8NO2/c10-5-3-4(1-2-6(5)18(19)20)7(11,8(12,13)14)9(15,16)17/h1-3H. The molecular formula is C9H3F8NO2. The van der Waals surface area contributed by atoms with Crippen LogP contribution in [0.1, 0.15) is 5.56 Å². The maximum Gasteiger partial charge on any atom is 0.435 e. The molecule has 20 heavy (non-hydrogen) atoms. The van der Waals surface area contributed by atoms with E-state index in [0.29, 0.717) is 0 Å². The average Bonchev–Trinajstić information content (AvgIpc) is 2.24. The Morgan fingerprint density at radius 2 is 1.40 bits per heavy atom. The predicted octanol–water partition coefficient (Wildman–Crippen LogP) is 4.02. The topological polar surface area (TPSA) is 43.1 Å². The molecule has 0 saturated carbocycles. The second-order valence-corrected chi connectivity index (χ2v) is 3.58. The molecule has 0 spiro atoms.